The van der Waals surface area contributed by atoms with E-state index in [1.807, 2.05) is 6.92 Å². The molecule has 0 aromatic rings. The zero-order chi connectivity index (χ0) is 11.7. The number of carbonyl (C=O) groups excluding carboxylic acids is 2. The molecule has 2 atom stereocenters. The summed E-state index contributed by atoms with van der Waals surface area (Å²) in [5.41, 5.74) is 5.32. The normalized spacial score (nSPS) is 27.2. The molecule has 0 unspecified atom stereocenters. The van der Waals surface area contributed by atoms with Gasteiger partial charge < -0.3 is 10.6 Å². The van der Waals surface area contributed by atoms with Gasteiger partial charge in [0.1, 0.15) is 6.04 Å². The Labute approximate surface area is 96.2 Å². The van der Waals surface area contributed by atoms with E-state index < -0.39 is 6.04 Å². The first-order valence-corrected chi connectivity index (χ1v) is 6.20. The number of hydrogen-bond acceptors (Lipinski definition) is 2. The van der Waals surface area contributed by atoms with Crippen LogP contribution >= 0.6 is 0 Å². The molecule has 0 bridgehead atoms. The molecule has 1 saturated carbocycles. The monoisotopic (exact) mass is 224 g/mol. The van der Waals surface area contributed by atoms with Crippen LogP contribution < -0.4 is 5.73 Å². The topological polar surface area (TPSA) is 63.4 Å². The van der Waals surface area contributed by atoms with E-state index in [1.54, 1.807) is 4.90 Å². The first-order valence-electron chi connectivity index (χ1n) is 6.20. The highest BCUT2D eigenvalue weighted by molar-refractivity contribution is 5.87. The quantitative estimate of drug-likeness (QED) is 0.754. The molecule has 2 N–H and O–H groups in total. The van der Waals surface area contributed by atoms with Gasteiger partial charge in [0.15, 0.2) is 0 Å². The van der Waals surface area contributed by atoms with Crippen molar-refractivity contribution in [3.63, 3.8) is 0 Å². The fourth-order valence-electron chi connectivity index (χ4n) is 2.67. The predicted octanol–water partition coefficient (Wildman–Crippen LogP) is 0.899. The van der Waals surface area contributed by atoms with Gasteiger partial charge in [-0.3, -0.25) is 9.59 Å². The molecule has 2 rings (SSSR count). The van der Waals surface area contributed by atoms with Gasteiger partial charge in [0.05, 0.1) is 0 Å². The fraction of sp³-hybridized carbons (Fsp3) is 0.833. The van der Waals surface area contributed by atoms with Crippen LogP contribution in [0.25, 0.3) is 0 Å². The Bertz CT molecular complexity index is 299. The van der Waals surface area contributed by atoms with Crippen molar-refractivity contribution in [2.24, 2.45) is 17.6 Å². The summed E-state index contributed by atoms with van der Waals surface area (Å²) in [6.45, 7) is 2.63. The third kappa shape index (κ3) is 2.36. The smallest absolute Gasteiger partial charge is 0.240 e. The van der Waals surface area contributed by atoms with Crippen LogP contribution in [0.5, 0.6) is 0 Å². The van der Waals surface area contributed by atoms with Gasteiger partial charge in [0.2, 0.25) is 11.8 Å². The van der Waals surface area contributed by atoms with Crippen molar-refractivity contribution in [2.45, 2.75) is 45.1 Å². The molecule has 0 spiro atoms. The average Bonchev–Trinajstić information content (AvgIpc) is 2.93. The molecule has 0 aromatic heterocycles. The minimum atomic E-state index is -0.392. The number of nitrogens with zero attached hydrogens (tertiary/aromatic N) is 1. The molecular formula is C12H20N2O2. The maximum atomic E-state index is 11.8. The third-order valence-corrected chi connectivity index (χ3v) is 3.69. The van der Waals surface area contributed by atoms with Gasteiger partial charge in [-0.1, -0.05) is 19.8 Å². The Morgan fingerprint density at radius 3 is 2.69 bits per heavy atom. The molecule has 2 aliphatic rings. The lowest BCUT2D eigenvalue weighted by molar-refractivity contribution is -0.136. The summed E-state index contributed by atoms with van der Waals surface area (Å²) in [6.07, 6.45) is 5.02. The molecule has 1 aliphatic carbocycles. The molecule has 90 valence electrons. The van der Waals surface area contributed by atoms with Gasteiger partial charge in [-0.05, 0) is 24.7 Å². The number of nitrogens with two attached hydrogens (primary N) is 1. The number of hydrogen-bond donors (Lipinski definition) is 1. The van der Waals surface area contributed by atoms with Gasteiger partial charge in [0, 0.05) is 13.0 Å². The van der Waals surface area contributed by atoms with Crippen LogP contribution in [0.4, 0.5) is 0 Å². The molecule has 2 amide bonds. The first kappa shape index (κ1) is 11.4. The maximum Gasteiger partial charge on any atom is 0.240 e. The van der Waals surface area contributed by atoms with Crippen LogP contribution in [-0.4, -0.2) is 29.3 Å². The number of amides is 2. The van der Waals surface area contributed by atoms with E-state index in [9.17, 15) is 9.59 Å². The van der Waals surface area contributed by atoms with Crippen molar-refractivity contribution in [1.29, 1.82) is 0 Å². The van der Waals surface area contributed by atoms with Gasteiger partial charge in [-0.15, -0.1) is 0 Å². The van der Waals surface area contributed by atoms with Gasteiger partial charge in [-0.25, -0.2) is 0 Å². The molecule has 2 fully saturated rings. The van der Waals surface area contributed by atoms with E-state index in [2.05, 4.69) is 0 Å². The van der Waals surface area contributed by atoms with E-state index in [-0.39, 0.29) is 11.8 Å². The maximum absolute atomic E-state index is 11.8. The largest absolute Gasteiger partial charge is 0.368 e. The average molecular weight is 224 g/mol. The molecular weight excluding hydrogens is 204 g/mol. The summed E-state index contributed by atoms with van der Waals surface area (Å²) in [5.74, 6) is 1.03. The van der Waals surface area contributed by atoms with E-state index >= 15 is 0 Å². The van der Waals surface area contributed by atoms with E-state index in [0.29, 0.717) is 18.8 Å². The Morgan fingerprint density at radius 1 is 1.50 bits per heavy atom. The first-order chi connectivity index (χ1) is 7.61. The molecule has 4 nitrogen and oxygen atoms in total. The minimum Gasteiger partial charge on any atom is -0.368 e. The predicted molar refractivity (Wildman–Crippen MR) is 60.4 cm³/mol. The van der Waals surface area contributed by atoms with Crippen LogP contribution in [0, 0.1) is 11.8 Å². The Morgan fingerprint density at radius 2 is 2.19 bits per heavy atom. The summed E-state index contributed by atoms with van der Waals surface area (Å²) in [5, 5.41) is 0. The van der Waals surface area contributed by atoms with Crippen LogP contribution in [0.2, 0.25) is 0 Å². The number of likely N-dealkylation sites (tertiary alicyclic amines) is 1. The highest BCUT2D eigenvalue weighted by Crippen LogP contribution is 2.38. The van der Waals surface area contributed by atoms with E-state index in [0.717, 1.165) is 18.9 Å². The zero-order valence-corrected chi connectivity index (χ0v) is 9.82. The second-order valence-corrected chi connectivity index (χ2v) is 5.12. The van der Waals surface area contributed by atoms with Gasteiger partial charge in [-0.2, -0.15) is 0 Å². The molecule has 0 aromatic carbocycles. The number of primary amides is 1. The number of carbonyl (C=O) groups is 2. The summed E-state index contributed by atoms with van der Waals surface area (Å²) >= 11 is 0. The van der Waals surface area contributed by atoms with Crippen molar-refractivity contribution in [1.82, 2.24) is 4.90 Å². The lowest BCUT2D eigenvalue weighted by Crippen LogP contribution is -2.45. The summed E-state index contributed by atoms with van der Waals surface area (Å²) in [7, 11) is 0. The van der Waals surface area contributed by atoms with Crippen molar-refractivity contribution >= 4 is 11.8 Å². The molecule has 16 heavy (non-hydrogen) atoms. The molecule has 4 heteroatoms. The minimum absolute atomic E-state index is 0.108. The van der Waals surface area contributed by atoms with E-state index in [1.165, 1.54) is 12.8 Å². The summed E-state index contributed by atoms with van der Waals surface area (Å²) in [6, 6.07) is -0.392. The second-order valence-electron chi connectivity index (χ2n) is 5.12. The lowest BCUT2D eigenvalue weighted by atomic mass is 10.0. The standard InChI is InChI=1S/C12H20N2O2/c1-2-10(12(13)16)14-7-9(6-11(14)15)5-8-3-4-8/h8-10H,2-7H2,1H3,(H2,13,16)/t9-,10-/m1/s1. The Kier molecular flexibility index (Phi) is 3.17. The van der Waals surface area contributed by atoms with Gasteiger partial charge >= 0.3 is 0 Å². The fourth-order valence-corrected chi connectivity index (χ4v) is 2.67. The van der Waals surface area contributed by atoms with E-state index in [4.69, 9.17) is 5.73 Å². The molecule has 1 saturated heterocycles. The highest BCUT2D eigenvalue weighted by atomic mass is 16.2. The highest BCUT2D eigenvalue weighted by Gasteiger charge is 2.38. The van der Waals surface area contributed by atoms with Crippen LogP contribution in [0.1, 0.15) is 39.0 Å². The number of rotatable bonds is 5. The van der Waals surface area contributed by atoms with Crippen LogP contribution in [-0.2, 0) is 9.59 Å². The van der Waals surface area contributed by atoms with Crippen molar-refractivity contribution in [2.75, 3.05) is 6.54 Å². The Balaban J connectivity index is 1.94. The van der Waals surface area contributed by atoms with Crippen LogP contribution in [0.3, 0.4) is 0 Å². The lowest BCUT2D eigenvalue weighted by Gasteiger charge is -2.24. The van der Waals surface area contributed by atoms with Crippen molar-refractivity contribution in [3.05, 3.63) is 0 Å². The SMILES string of the molecule is CC[C@H](C(N)=O)N1C[C@H](CC2CC2)CC1=O. The third-order valence-electron chi connectivity index (χ3n) is 3.69. The molecule has 0 radical (unpaired) electrons. The molecule has 1 heterocycles. The Hall–Kier alpha value is -1.06. The zero-order valence-electron chi connectivity index (χ0n) is 9.82. The summed E-state index contributed by atoms with van der Waals surface area (Å²) < 4.78 is 0. The second kappa shape index (κ2) is 4.44. The van der Waals surface area contributed by atoms with Gasteiger partial charge in [0.25, 0.3) is 0 Å². The van der Waals surface area contributed by atoms with Crippen molar-refractivity contribution < 1.29 is 9.59 Å². The molecule has 1 aliphatic heterocycles. The van der Waals surface area contributed by atoms with Crippen LogP contribution in [0.15, 0.2) is 0 Å². The summed E-state index contributed by atoms with van der Waals surface area (Å²) in [4.78, 5) is 24.7. The van der Waals surface area contributed by atoms with Crippen molar-refractivity contribution in [3.8, 4) is 0 Å².